The van der Waals surface area contributed by atoms with E-state index in [4.69, 9.17) is 0 Å². The van der Waals surface area contributed by atoms with E-state index in [1.54, 1.807) is 12.1 Å². The quantitative estimate of drug-likeness (QED) is 0.368. The topological polar surface area (TPSA) is 40.5 Å². The minimum absolute atomic E-state index is 0.0724. The average molecular weight is 314 g/mol. The van der Waals surface area contributed by atoms with E-state index >= 15 is 0 Å². The third kappa shape index (κ3) is 10.4. The zero-order chi connectivity index (χ0) is 16.8. The lowest BCUT2D eigenvalue weighted by Crippen LogP contribution is -1.78. The number of allylic oxidation sites excluding steroid dienone is 5. The normalized spacial score (nSPS) is 12.0. The molecule has 0 fully saturated rings. The Balaban J connectivity index is 2.12. The molecule has 2 N–H and O–H groups in total. The van der Waals surface area contributed by atoms with Gasteiger partial charge < -0.3 is 10.2 Å². The van der Waals surface area contributed by atoms with Crippen molar-refractivity contribution < 1.29 is 10.2 Å². The van der Waals surface area contributed by atoms with E-state index in [-0.39, 0.29) is 11.5 Å². The first-order valence-corrected chi connectivity index (χ1v) is 8.75. The molecule has 2 nitrogen and oxygen atoms in total. The van der Waals surface area contributed by atoms with E-state index < -0.39 is 0 Å². The van der Waals surface area contributed by atoms with Crippen LogP contribution >= 0.6 is 0 Å². The van der Waals surface area contributed by atoms with Crippen LogP contribution in [0, 0.1) is 0 Å². The molecular formula is C21H30O2. The molecule has 1 aromatic rings. The molecule has 23 heavy (non-hydrogen) atoms. The minimum Gasteiger partial charge on any atom is -0.508 e. The summed E-state index contributed by atoms with van der Waals surface area (Å²) in [5.41, 5.74) is 0.777. The Kier molecular flexibility index (Phi) is 10.4. The van der Waals surface area contributed by atoms with Crippen LogP contribution < -0.4 is 0 Å². The largest absolute Gasteiger partial charge is 0.508 e. The van der Waals surface area contributed by atoms with E-state index in [1.165, 1.54) is 51.0 Å². The summed E-state index contributed by atoms with van der Waals surface area (Å²) in [6.45, 7) is 2.25. The van der Waals surface area contributed by atoms with Crippen molar-refractivity contribution in [3.05, 3.63) is 54.1 Å². The van der Waals surface area contributed by atoms with Gasteiger partial charge in [0.05, 0.1) is 0 Å². The number of aromatic hydroxyl groups is 2. The first-order chi connectivity index (χ1) is 11.2. The molecule has 0 aliphatic heterocycles. The van der Waals surface area contributed by atoms with Crippen LogP contribution in [-0.4, -0.2) is 10.2 Å². The van der Waals surface area contributed by atoms with Crippen LogP contribution in [0.4, 0.5) is 0 Å². The summed E-state index contributed by atoms with van der Waals surface area (Å²) in [4.78, 5) is 0. The third-order valence-electron chi connectivity index (χ3n) is 3.66. The summed E-state index contributed by atoms with van der Waals surface area (Å²) >= 11 is 0. The van der Waals surface area contributed by atoms with Gasteiger partial charge in [-0.05, 0) is 30.5 Å². The second kappa shape index (κ2) is 12.6. The lowest BCUT2D eigenvalue weighted by Gasteiger charge is -1.98. The SMILES string of the molecule is CCCCCCCCCC=CC=CC=Cc1cc(O)cc(O)c1. The molecule has 2 heteroatoms. The highest BCUT2D eigenvalue weighted by Crippen LogP contribution is 2.21. The lowest BCUT2D eigenvalue weighted by molar-refractivity contribution is 0.450. The predicted molar refractivity (Wildman–Crippen MR) is 99.7 cm³/mol. The second-order valence-corrected chi connectivity index (χ2v) is 5.86. The number of hydrogen-bond acceptors (Lipinski definition) is 2. The number of unbranched alkanes of at least 4 members (excludes halogenated alkanes) is 7. The Morgan fingerprint density at radius 1 is 0.739 bits per heavy atom. The molecule has 1 rings (SSSR count). The molecule has 0 spiro atoms. The second-order valence-electron chi connectivity index (χ2n) is 5.86. The van der Waals surface area contributed by atoms with Crippen LogP contribution in [0.15, 0.2) is 48.6 Å². The van der Waals surface area contributed by atoms with Crippen molar-refractivity contribution in [2.24, 2.45) is 0 Å². The molecule has 0 bridgehead atoms. The van der Waals surface area contributed by atoms with Crippen LogP contribution in [0.25, 0.3) is 6.08 Å². The average Bonchev–Trinajstić information content (AvgIpc) is 2.51. The Hall–Kier alpha value is -1.96. The maximum Gasteiger partial charge on any atom is 0.119 e. The fourth-order valence-electron chi connectivity index (χ4n) is 2.40. The van der Waals surface area contributed by atoms with Crippen molar-refractivity contribution in [2.45, 2.75) is 58.3 Å². The number of phenolic OH excluding ortho intramolecular Hbond substituents is 2. The van der Waals surface area contributed by atoms with Crippen molar-refractivity contribution in [3.8, 4) is 11.5 Å². The Morgan fingerprint density at radius 2 is 1.35 bits per heavy atom. The van der Waals surface area contributed by atoms with E-state index in [0.717, 1.165) is 12.0 Å². The van der Waals surface area contributed by atoms with E-state index in [2.05, 4.69) is 19.1 Å². The molecule has 0 unspecified atom stereocenters. The van der Waals surface area contributed by atoms with E-state index in [1.807, 2.05) is 24.3 Å². The van der Waals surface area contributed by atoms with Gasteiger partial charge in [0.2, 0.25) is 0 Å². The molecule has 1 aromatic carbocycles. The van der Waals surface area contributed by atoms with Crippen LogP contribution in [-0.2, 0) is 0 Å². The fourth-order valence-corrected chi connectivity index (χ4v) is 2.40. The summed E-state index contributed by atoms with van der Waals surface area (Å²) < 4.78 is 0. The summed E-state index contributed by atoms with van der Waals surface area (Å²) in [5, 5.41) is 18.7. The summed E-state index contributed by atoms with van der Waals surface area (Å²) in [7, 11) is 0. The van der Waals surface area contributed by atoms with Gasteiger partial charge in [-0.15, -0.1) is 0 Å². The highest BCUT2D eigenvalue weighted by Gasteiger charge is 1.94. The number of phenols is 2. The molecule has 0 atom stereocenters. The molecule has 0 saturated carbocycles. The molecule has 0 amide bonds. The molecule has 126 valence electrons. The monoisotopic (exact) mass is 314 g/mol. The zero-order valence-electron chi connectivity index (χ0n) is 14.2. The third-order valence-corrected chi connectivity index (χ3v) is 3.66. The van der Waals surface area contributed by atoms with Crippen LogP contribution in [0.1, 0.15) is 63.9 Å². The first kappa shape index (κ1) is 19.1. The van der Waals surface area contributed by atoms with Crippen molar-refractivity contribution in [1.82, 2.24) is 0 Å². The molecule has 0 saturated heterocycles. The Labute approximate surface area is 140 Å². The van der Waals surface area contributed by atoms with Gasteiger partial charge in [0.25, 0.3) is 0 Å². The van der Waals surface area contributed by atoms with Gasteiger partial charge in [0, 0.05) is 6.07 Å². The Morgan fingerprint density at radius 3 is 2.04 bits per heavy atom. The first-order valence-electron chi connectivity index (χ1n) is 8.75. The van der Waals surface area contributed by atoms with Crippen molar-refractivity contribution in [1.29, 1.82) is 0 Å². The van der Waals surface area contributed by atoms with Crippen LogP contribution in [0.2, 0.25) is 0 Å². The summed E-state index contributed by atoms with van der Waals surface area (Å²) in [5.74, 6) is 0.145. The predicted octanol–water partition coefficient (Wildman–Crippen LogP) is 6.36. The fraction of sp³-hybridized carbons (Fsp3) is 0.429. The van der Waals surface area contributed by atoms with E-state index in [9.17, 15) is 10.2 Å². The number of benzene rings is 1. The minimum atomic E-state index is 0.0724. The van der Waals surface area contributed by atoms with Gasteiger partial charge in [0.15, 0.2) is 0 Å². The highest BCUT2D eigenvalue weighted by atomic mass is 16.3. The van der Waals surface area contributed by atoms with Crippen molar-refractivity contribution >= 4 is 6.08 Å². The lowest BCUT2D eigenvalue weighted by atomic mass is 10.1. The number of hydrogen-bond donors (Lipinski definition) is 2. The molecule has 0 aliphatic rings. The molecule has 0 aliphatic carbocycles. The van der Waals surface area contributed by atoms with Gasteiger partial charge in [-0.25, -0.2) is 0 Å². The smallest absolute Gasteiger partial charge is 0.119 e. The van der Waals surface area contributed by atoms with Gasteiger partial charge in [0.1, 0.15) is 11.5 Å². The van der Waals surface area contributed by atoms with Crippen LogP contribution in [0.3, 0.4) is 0 Å². The van der Waals surface area contributed by atoms with Crippen LogP contribution in [0.5, 0.6) is 11.5 Å². The maximum absolute atomic E-state index is 9.37. The van der Waals surface area contributed by atoms with E-state index in [0.29, 0.717) is 0 Å². The number of rotatable bonds is 11. The zero-order valence-corrected chi connectivity index (χ0v) is 14.2. The standard InChI is InChI=1S/C21H30O2/c1-2-3-4-5-6-7-8-9-10-11-12-13-14-15-19-16-20(22)18-21(23)17-19/h10-18,22-23H,2-9H2,1H3. The molecular weight excluding hydrogens is 284 g/mol. The van der Waals surface area contributed by atoms with Crippen molar-refractivity contribution in [3.63, 3.8) is 0 Å². The highest BCUT2D eigenvalue weighted by molar-refractivity contribution is 5.56. The summed E-state index contributed by atoms with van der Waals surface area (Å²) in [6.07, 6.45) is 22.5. The van der Waals surface area contributed by atoms with Gasteiger partial charge in [-0.3, -0.25) is 0 Å². The molecule has 0 heterocycles. The van der Waals surface area contributed by atoms with Gasteiger partial charge in [-0.1, -0.05) is 81.9 Å². The molecule has 0 aromatic heterocycles. The van der Waals surface area contributed by atoms with Crippen molar-refractivity contribution in [2.75, 3.05) is 0 Å². The molecule has 0 radical (unpaired) electrons. The Bertz CT molecular complexity index is 492. The maximum atomic E-state index is 9.37. The summed E-state index contributed by atoms with van der Waals surface area (Å²) in [6, 6.07) is 4.54. The van der Waals surface area contributed by atoms with Gasteiger partial charge in [-0.2, -0.15) is 0 Å². The van der Waals surface area contributed by atoms with Gasteiger partial charge >= 0.3 is 0 Å².